The van der Waals surface area contributed by atoms with E-state index in [9.17, 15) is 4.39 Å². The Balaban J connectivity index is 1.56. The molecule has 2 nitrogen and oxygen atoms in total. The average molecular weight is 428 g/mol. The van der Waals surface area contributed by atoms with E-state index in [1.165, 1.54) is 17.7 Å². The number of hydrogen-bond donors (Lipinski definition) is 1. The molecule has 0 heterocycles. The minimum atomic E-state index is -0.198. The minimum absolute atomic E-state index is 0.198. The molecule has 27 heavy (non-hydrogen) atoms. The summed E-state index contributed by atoms with van der Waals surface area (Å²) in [6.07, 6.45) is 0.855. The van der Waals surface area contributed by atoms with Crippen molar-refractivity contribution in [1.82, 2.24) is 5.32 Å². The minimum Gasteiger partial charge on any atom is -0.489 e. The molecular weight excluding hydrogens is 405 g/mol. The van der Waals surface area contributed by atoms with Crippen molar-refractivity contribution in [3.8, 4) is 5.75 Å². The molecule has 0 radical (unpaired) electrons. The van der Waals surface area contributed by atoms with Gasteiger partial charge in [-0.25, -0.2) is 4.39 Å². The van der Waals surface area contributed by atoms with Crippen LogP contribution in [0.4, 0.5) is 4.39 Å². The molecule has 0 amide bonds. The summed E-state index contributed by atoms with van der Waals surface area (Å²) in [4.78, 5) is 0. The van der Waals surface area contributed by atoms with E-state index in [1.54, 1.807) is 0 Å². The highest BCUT2D eigenvalue weighted by molar-refractivity contribution is 9.10. The summed E-state index contributed by atoms with van der Waals surface area (Å²) in [6, 6.07) is 21.1. The summed E-state index contributed by atoms with van der Waals surface area (Å²) < 4.78 is 20.0. The van der Waals surface area contributed by atoms with Gasteiger partial charge in [0.1, 0.15) is 18.2 Å². The van der Waals surface area contributed by atoms with Crippen LogP contribution < -0.4 is 10.1 Å². The van der Waals surface area contributed by atoms with Crippen LogP contribution in [0.25, 0.3) is 0 Å². The highest BCUT2D eigenvalue weighted by atomic mass is 79.9. The SMILES string of the molecule is Cc1cccc(COc2ccc(Br)cc2CNCCc2ccc(F)cc2)c1. The molecule has 3 aromatic carbocycles. The fourth-order valence-electron chi connectivity index (χ4n) is 2.90. The molecule has 0 saturated carbocycles. The van der Waals surface area contributed by atoms with E-state index in [0.29, 0.717) is 13.2 Å². The molecule has 0 unspecified atom stereocenters. The van der Waals surface area contributed by atoms with Gasteiger partial charge in [0.2, 0.25) is 0 Å². The first kappa shape index (κ1) is 19.6. The lowest BCUT2D eigenvalue weighted by Gasteiger charge is -2.13. The first-order valence-corrected chi connectivity index (χ1v) is 9.81. The van der Waals surface area contributed by atoms with Crippen molar-refractivity contribution in [2.45, 2.75) is 26.5 Å². The van der Waals surface area contributed by atoms with Crippen molar-refractivity contribution in [3.63, 3.8) is 0 Å². The summed E-state index contributed by atoms with van der Waals surface area (Å²) in [6.45, 7) is 4.16. The number of rotatable bonds is 8. The number of benzene rings is 3. The average Bonchev–Trinajstić information content (AvgIpc) is 2.66. The van der Waals surface area contributed by atoms with Crippen LogP contribution in [0.3, 0.4) is 0 Å². The van der Waals surface area contributed by atoms with Crippen molar-refractivity contribution >= 4 is 15.9 Å². The first-order valence-electron chi connectivity index (χ1n) is 9.02. The zero-order valence-corrected chi connectivity index (χ0v) is 16.9. The summed E-state index contributed by atoms with van der Waals surface area (Å²) in [5.74, 6) is 0.685. The highest BCUT2D eigenvalue weighted by Gasteiger charge is 2.06. The van der Waals surface area contributed by atoms with Crippen molar-refractivity contribution in [1.29, 1.82) is 0 Å². The third kappa shape index (κ3) is 6.19. The predicted octanol–water partition coefficient (Wildman–Crippen LogP) is 5.81. The molecule has 0 aromatic heterocycles. The smallest absolute Gasteiger partial charge is 0.124 e. The quantitative estimate of drug-likeness (QED) is 0.458. The van der Waals surface area contributed by atoms with Crippen molar-refractivity contribution < 1.29 is 9.13 Å². The van der Waals surface area contributed by atoms with E-state index in [0.717, 1.165) is 39.9 Å². The van der Waals surface area contributed by atoms with Gasteiger partial charge in [0.25, 0.3) is 0 Å². The summed E-state index contributed by atoms with van der Waals surface area (Å²) in [5, 5.41) is 3.45. The van der Waals surface area contributed by atoms with Crippen LogP contribution in [0.2, 0.25) is 0 Å². The van der Waals surface area contributed by atoms with Gasteiger partial charge in [-0.15, -0.1) is 0 Å². The maximum absolute atomic E-state index is 13.0. The maximum atomic E-state index is 13.0. The number of ether oxygens (including phenoxy) is 1. The lowest BCUT2D eigenvalue weighted by atomic mass is 10.1. The van der Waals surface area contributed by atoms with Gasteiger partial charge < -0.3 is 10.1 Å². The Hall–Kier alpha value is -2.17. The van der Waals surface area contributed by atoms with E-state index < -0.39 is 0 Å². The lowest BCUT2D eigenvalue weighted by molar-refractivity contribution is 0.302. The van der Waals surface area contributed by atoms with Crippen molar-refractivity contribution in [3.05, 3.63) is 99.3 Å². The van der Waals surface area contributed by atoms with Gasteiger partial charge in [0.05, 0.1) is 0 Å². The summed E-state index contributed by atoms with van der Waals surface area (Å²) in [7, 11) is 0. The van der Waals surface area contributed by atoms with Crippen LogP contribution in [0.1, 0.15) is 22.3 Å². The molecule has 1 N–H and O–H groups in total. The second kappa shape index (κ2) is 9.67. The number of nitrogens with one attached hydrogen (secondary N) is 1. The molecule has 0 atom stereocenters. The molecule has 3 aromatic rings. The molecular formula is C23H23BrFNO. The standard InChI is InChI=1S/C23H23BrFNO/c1-17-3-2-4-19(13-17)16-27-23-10-7-21(24)14-20(23)15-26-12-11-18-5-8-22(25)9-6-18/h2-10,13-14,26H,11-12,15-16H2,1H3. The van der Waals surface area contributed by atoms with E-state index in [-0.39, 0.29) is 5.82 Å². The first-order chi connectivity index (χ1) is 13.1. The summed E-state index contributed by atoms with van der Waals surface area (Å²) in [5.41, 5.74) is 4.62. The van der Waals surface area contributed by atoms with E-state index in [2.05, 4.69) is 52.4 Å². The van der Waals surface area contributed by atoms with Gasteiger partial charge in [-0.2, -0.15) is 0 Å². The topological polar surface area (TPSA) is 21.3 Å². The van der Waals surface area contributed by atoms with Crippen LogP contribution in [0.5, 0.6) is 5.75 Å². The van der Waals surface area contributed by atoms with Gasteiger partial charge >= 0.3 is 0 Å². The molecule has 0 aliphatic carbocycles. The van der Waals surface area contributed by atoms with E-state index in [4.69, 9.17) is 4.74 Å². The molecule has 0 saturated heterocycles. The molecule has 4 heteroatoms. The fraction of sp³-hybridized carbons (Fsp3) is 0.217. The highest BCUT2D eigenvalue weighted by Crippen LogP contribution is 2.24. The Morgan fingerprint density at radius 2 is 1.78 bits per heavy atom. The Labute approximate surface area is 168 Å². The van der Waals surface area contributed by atoms with Gasteiger partial charge in [-0.05, 0) is 61.3 Å². The second-order valence-electron chi connectivity index (χ2n) is 6.58. The molecule has 0 spiro atoms. The predicted molar refractivity (Wildman–Crippen MR) is 111 cm³/mol. The largest absolute Gasteiger partial charge is 0.489 e. The third-order valence-electron chi connectivity index (χ3n) is 4.32. The Morgan fingerprint density at radius 3 is 2.56 bits per heavy atom. The van der Waals surface area contributed by atoms with Crippen molar-refractivity contribution in [2.75, 3.05) is 6.54 Å². The van der Waals surface area contributed by atoms with E-state index >= 15 is 0 Å². The van der Waals surface area contributed by atoms with Crippen LogP contribution in [-0.4, -0.2) is 6.54 Å². The van der Waals surface area contributed by atoms with Crippen LogP contribution in [0.15, 0.2) is 71.2 Å². The van der Waals surface area contributed by atoms with Crippen LogP contribution >= 0.6 is 15.9 Å². The normalized spacial score (nSPS) is 10.8. The number of hydrogen-bond acceptors (Lipinski definition) is 2. The van der Waals surface area contributed by atoms with Gasteiger partial charge in [-0.3, -0.25) is 0 Å². The lowest BCUT2D eigenvalue weighted by Crippen LogP contribution is -2.17. The van der Waals surface area contributed by atoms with Crippen LogP contribution in [-0.2, 0) is 19.6 Å². The molecule has 0 bridgehead atoms. The zero-order chi connectivity index (χ0) is 19.1. The summed E-state index contributed by atoms with van der Waals surface area (Å²) >= 11 is 3.54. The van der Waals surface area contributed by atoms with Crippen molar-refractivity contribution in [2.24, 2.45) is 0 Å². The molecule has 140 valence electrons. The fourth-order valence-corrected chi connectivity index (χ4v) is 3.31. The second-order valence-corrected chi connectivity index (χ2v) is 7.50. The maximum Gasteiger partial charge on any atom is 0.124 e. The molecule has 3 rings (SSSR count). The monoisotopic (exact) mass is 427 g/mol. The number of aryl methyl sites for hydroxylation is 1. The number of halogens is 2. The third-order valence-corrected chi connectivity index (χ3v) is 4.81. The Bertz CT molecular complexity index is 880. The van der Waals surface area contributed by atoms with Gasteiger partial charge in [0, 0.05) is 16.6 Å². The Morgan fingerprint density at radius 1 is 0.963 bits per heavy atom. The van der Waals surface area contributed by atoms with Gasteiger partial charge in [-0.1, -0.05) is 57.9 Å². The zero-order valence-electron chi connectivity index (χ0n) is 15.3. The molecule has 0 aliphatic rings. The Kier molecular flexibility index (Phi) is 7.02. The molecule has 0 fully saturated rings. The van der Waals surface area contributed by atoms with E-state index in [1.807, 2.05) is 30.3 Å². The van der Waals surface area contributed by atoms with Gasteiger partial charge in [0.15, 0.2) is 0 Å². The molecule has 0 aliphatic heterocycles. The van der Waals surface area contributed by atoms with Crippen LogP contribution in [0, 0.1) is 12.7 Å².